The van der Waals surface area contributed by atoms with Crippen molar-refractivity contribution in [2.24, 2.45) is 0 Å². The van der Waals surface area contributed by atoms with E-state index < -0.39 is 35.1 Å². The molecule has 2 heterocycles. The number of likely N-dealkylation sites (tertiary alicyclic amines) is 2. The van der Waals surface area contributed by atoms with Crippen LogP contribution in [0.4, 0.5) is 11.4 Å². The smallest absolute Gasteiger partial charge is 0.259 e. The lowest BCUT2D eigenvalue weighted by atomic mass is 9.94. The highest BCUT2D eigenvalue weighted by Gasteiger charge is 2.44. The first-order chi connectivity index (χ1) is 24.9. The maximum atomic E-state index is 13.3. The van der Waals surface area contributed by atoms with E-state index in [9.17, 15) is 29.4 Å². The van der Waals surface area contributed by atoms with Gasteiger partial charge in [-0.1, -0.05) is 97.1 Å². The molecule has 4 amide bonds. The summed E-state index contributed by atoms with van der Waals surface area (Å²) in [5.41, 5.74) is 0.498. The van der Waals surface area contributed by atoms with Crippen LogP contribution in [0.2, 0.25) is 0 Å². The quantitative estimate of drug-likeness (QED) is 0.161. The molecule has 0 aliphatic carbocycles. The van der Waals surface area contributed by atoms with Crippen LogP contribution in [0, 0.1) is 0 Å². The van der Waals surface area contributed by atoms with Gasteiger partial charge in [-0.2, -0.15) is 0 Å². The Morgan fingerprint density at radius 3 is 1.27 bits per heavy atom. The molecule has 4 N–H and O–H groups in total. The fourth-order valence-electron chi connectivity index (χ4n) is 6.90. The van der Waals surface area contributed by atoms with Crippen LogP contribution in [0.15, 0.2) is 109 Å². The van der Waals surface area contributed by atoms with Crippen molar-refractivity contribution in [3.8, 4) is 0 Å². The third-order valence-electron chi connectivity index (χ3n) is 9.96. The molecule has 2 aliphatic heterocycles. The molecule has 4 aromatic rings. The van der Waals surface area contributed by atoms with E-state index in [1.807, 2.05) is 48.6 Å². The van der Waals surface area contributed by atoms with E-state index in [2.05, 4.69) is 10.6 Å². The van der Waals surface area contributed by atoms with Gasteiger partial charge in [0.25, 0.3) is 11.8 Å². The van der Waals surface area contributed by atoms with Crippen molar-refractivity contribution in [2.45, 2.75) is 62.8 Å². The molecule has 0 aromatic heterocycles. The number of hydrogen-bond acceptors (Lipinski definition) is 6. The number of aliphatic hydroxyl groups is 2. The first kappa shape index (κ1) is 36.2. The standard InChI is InChI=1S/C42H44N4O6/c1-41(51,31-11-5-3-6-12-31)39(49)45-27-9-15-35(45)37(47)43-33-23-19-29(20-24-33)17-18-30-21-25-34(26-22-30)44-38(48)36-16-10-28-46(36)40(50)42(2,52)32-13-7-4-8-14-32/h3-8,11-14,17-26,35-36,51-52H,9-10,15-16,27-28H2,1-2H3,(H,43,47)(H,44,48)/b18-17+/t35-,36-,41-,42-/m0/s1. The van der Waals surface area contributed by atoms with Gasteiger partial charge in [-0.25, -0.2) is 0 Å². The minimum Gasteiger partial charge on any atom is -0.376 e. The first-order valence-electron chi connectivity index (χ1n) is 17.6. The summed E-state index contributed by atoms with van der Waals surface area (Å²) in [6.07, 6.45) is 6.24. The average Bonchev–Trinajstić information content (AvgIpc) is 3.86. The Bertz CT molecular complexity index is 1780. The normalized spacial score (nSPS) is 19.5. The predicted molar refractivity (Wildman–Crippen MR) is 201 cm³/mol. The van der Waals surface area contributed by atoms with Crippen molar-refractivity contribution in [1.29, 1.82) is 0 Å². The van der Waals surface area contributed by atoms with Crippen LogP contribution >= 0.6 is 0 Å². The van der Waals surface area contributed by atoms with E-state index in [-0.39, 0.29) is 11.8 Å². The van der Waals surface area contributed by atoms with Crippen molar-refractivity contribution in [1.82, 2.24) is 9.80 Å². The summed E-state index contributed by atoms with van der Waals surface area (Å²) in [7, 11) is 0. The third kappa shape index (κ3) is 7.83. The minimum absolute atomic E-state index is 0.295. The number of anilines is 2. The van der Waals surface area contributed by atoms with E-state index in [1.54, 1.807) is 72.8 Å². The second-order valence-electron chi connectivity index (χ2n) is 13.7. The first-order valence-corrected chi connectivity index (χ1v) is 17.6. The Balaban J connectivity index is 1.02. The fourth-order valence-corrected chi connectivity index (χ4v) is 6.90. The highest BCUT2D eigenvalue weighted by molar-refractivity contribution is 6.00. The summed E-state index contributed by atoms with van der Waals surface area (Å²) in [6.45, 7) is 3.73. The average molecular weight is 701 g/mol. The van der Waals surface area contributed by atoms with Gasteiger partial charge in [0.2, 0.25) is 11.8 Å². The van der Waals surface area contributed by atoms with Gasteiger partial charge < -0.3 is 30.6 Å². The molecule has 4 atom stereocenters. The molecule has 2 saturated heterocycles. The zero-order valence-electron chi connectivity index (χ0n) is 29.4. The number of amides is 4. The van der Waals surface area contributed by atoms with Crippen molar-refractivity contribution < 1.29 is 29.4 Å². The highest BCUT2D eigenvalue weighted by atomic mass is 16.3. The molecule has 2 aliphatic rings. The van der Waals surface area contributed by atoms with Crippen LogP contribution in [0.5, 0.6) is 0 Å². The van der Waals surface area contributed by atoms with Gasteiger partial charge in [0.1, 0.15) is 12.1 Å². The van der Waals surface area contributed by atoms with Gasteiger partial charge in [-0.15, -0.1) is 0 Å². The molecular weight excluding hydrogens is 656 g/mol. The van der Waals surface area contributed by atoms with Crippen LogP contribution in [0.1, 0.15) is 61.8 Å². The van der Waals surface area contributed by atoms with Crippen molar-refractivity contribution in [3.05, 3.63) is 131 Å². The Morgan fingerprint density at radius 2 is 0.923 bits per heavy atom. The summed E-state index contributed by atoms with van der Waals surface area (Å²) >= 11 is 0. The summed E-state index contributed by atoms with van der Waals surface area (Å²) in [5, 5.41) is 28.0. The molecule has 2 fully saturated rings. The lowest BCUT2D eigenvalue weighted by Crippen LogP contribution is -2.50. The monoisotopic (exact) mass is 700 g/mol. The number of nitrogens with one attached hydrogen (secondary N) is 2. The van der Waals surface area contributed by atoms with E-state index in [0.717, 1.165) is 11.1 Å². The molecule has 0 spiro atoms. The molecule has 0 bridgehead atoms. The number of benzene rings is 4. The maximum Gasteiger partial charge on any atom is 0.259 e. The molecular formula is C42H44N4O6. The van der Waals surface area contributed by atoms with Gasteiger partial charge in [-0.05, 0) is 86.1 Å². The van der Waals surface area contributed by atoms with Gasteiger partial charge >= 0.3 is 0 Å². The molecule has 0 unspecified atom stereocenters. The lowest BCUT2D eigenvalue weighted by molar-refractivity contribution is -0.153. The molecule has 52 heavy (non-hydrogen) atoms. The van der Waals surface area contributed by atoms with Crippen LogP contribution in [0.25, 0.3) is 12.2 Å². The highest BCUT2D eigenvalue weighted by Crippen LogP contribution is 2.30. The van der Waals surface area contributed by atoms with E-state index >= 15 is 0 Å². The summed E-state index contributed by atoms with van der Waals surface area (Å²) in [4.78, 5) is 56.1. The summed E-state index contributed by atoms with van der Waals surface area (Å²) in [6, 6.07) is 30.8. The Hall–Kier alpha value is -5.58. The largest absolute Gasteiger partial charge is 0.376 e. The Morgan fingerprint density at radius 1 is 0.577 bits per heavy atom. The minimum atomic E-state index is -1.74. The third-order valence-corrected chi connectivity index (χ3v) is 9.96. The van der Waals surface area contributed by atoms with Gasteiger partial charge in [0.05, 0.1) is 0 Å². The van der Waals surface area contributed by atoms with Crippen LogP contribution in [-0.2, 0) is 30.4 Å². The molecule has 0 radical (unpaired) electrons. The maximum absolute atomic E-state index is 13.3. The van der Waals surface area contributed by atoms with Crippen molar-refractivity contribution in [3.63, 3.8) is 0 Å². The fraction of sp³-hybridized carbons (Fsp3) is 0.286. The number of nitrogens with zero attached hydrogens (tertiary/aromatic N) is 2. The SMILES string of the molecule is C[C@@](O)(C(=O)N1CCC[C@H]1C(=O)Nc1ccc(/C=C/c2ccc(NC(=O)[C@@H]3CCCN3C(=O)[C@@](C)(O)c3ccccc3)cc2)cc1)c1ccccc1. The van der Waals surface area contributed by atoms with Crippen LogP contribution < -0.4 is 10.6 Å². The number of carbonyl (C=O) groups excluding carboxylic acids is 4. The molecule has 4 aromatic carbocycles. The van der Waals surface area contributed by atoms with E-state index in [1.165, 1.54) is 23.6 Å². The van der Waals surface area contributed by atoms with Crippen LogP contribution in [0.3, 0.4) is 0 Å². The van der Waals surface area contributed by atoms with Crippen molar-refractivity contribution in [2.75, 3.05) is 23.7 Å². The Labute approximate surface area is 303 Å². The Kier molecular flexibility index (Phi) is 10.7. The van der Waals surface area contributed by atoms with Gasteiger partial charge in [0, 0.05) is 24.5 Å². The number of rotatable bonds is 10. The number of carbonyl (C=O) groups is 4. The van der Waals surface area contributed by atoms with E-state index in [4.69, 9.17) is 0 Å². The zero-order chi connectivity index (χ0) is 36.9. The van der Waals surface area contributed by atoms with Crippen molar-refractivity contribution >= 4 is 47.2 Å². The molecule has 268 valence electrons. The second-order valence-corrected chi connectivity index (χ2v) is 13.7. The van der Waals surface area contributed by atoms with Crippen LogP contribution in [-0.4, -0.2) is 68.8 Å². The predicted octanol–water partition coefficient (Wildman–Crippen LogP) is 5.53. The molecule has 10 nitrogen and oxygen atoms in total. The topological polar surface area (TPSA) is 139 Å². The van der Waals surface area contributed by atoms with Gasteiger partial charge in [-0.3, -0.25) is 19.2 Å². The molecule has 10 heteroatoms. The summed E-state index contributed by atoms with van der Waals surface area (Å²) in [5.74, 6) is -1.57. The number of hydrogen-bond donors (Lipinski definition) is 4. The lowest BCUT2D eigenvalue weighted by Gasteiger charge is -2.31. The van der Waals surface area contributed by atoms with E-state index in [0.29, 0.717) is 61.3 Å². The molecule has 6 rings (SSSR count). The van der Waals surface area contributed by atoms with Gasteiger partial charge in [0.15, 0.2) is 11.2 Å². The zero-order valence-corrected chi connectivity index (χ0v) is 29.4. The second kappa shape index (κ2) is 15.3. The summed E-state index contributed by atoms with van der Waals surface area (Å²) < 4.78 is 0. The molecule has 0 saturated carbocycles.